The minimum Gasteiger partial charge on any atom is -0.493 e. The summed E-state index contributed by atoms with van der Waals surface area (Å²) in [4.78, 5) is 13.3. The van der Waals surface area contributed by atoms with Crippen molar-refractivity contribution in [3.8, 4) is 5.75 Å². The summed E-state index contributed by atoms with van der Waals surface area (Å²) in [7, 11) is 1.87. The van der Waals surface area contributed by atoms with E-state index in [9.17, 15) is 4.39 Å². The number of rotatable bonds is 7. The average molecular weight is 474 g/mol. The molecule has 148 valence electrons. The predicted molar refractivity (Wildman–Crippen MR) is 116 cm³/mol. The number of aryl methyl sites for hydroxylation is 1. The van der Waals surface area contributed by atoms with Crippen LogP contribution in [0.25, 0.3) is 10.9 Å². The van der Waals surface area contributed by atoms with Gasteiger partial charge in [0.1, 0.15) is 23.7 Å². The molecule has 4 rings (SSSR count). The second-order valence-electron chi connectivity index (χ2n) is 6.13. The van der Waals surface area contributed by atoms with Gasteiger partial charge in [-0.15, -0.1) is 0 Å². The van der Waals surface area contributed by atoms with Gasteiger partial charge in [-0.3, -0.25) is 0 Å². The molecule has 0 spiro atoms. The Hall–Kier alpha value is -2.65. The smallest absolute Gasteiger partial charge is 0.172 e. The third-order valence-electron chi connectivity index (χ3n) is 4.13. The molecule has 0 fully saturated rings. The van der Waals surface area contributed by atoms with Gasteiger partial charge < -0.3 is 14.6 Å². The number of nitrogens with zero attached hydrogens (tertiary/aromatic N) is 4. The molecule has 9 heteroatoms. The van der Waals surface area contributed by atoms with Crippen molar-refractivity contribution in [3.05, 3.63) is 60.9 Å². The summed E-state index contributed by atoms with van der Waals surface area (Å²) in [5.74, 6) is 0.980. The SMILES string of the molecule is Cn1ccnc1Sc1ccc(Nc2ncnc3ccc(OCCBr)cc23)cc1F. The van der Waals surface area contributed by atoms with Crippen LogP contribution in [0.4, 0.5) is 15.9 Å². The van der Waals surface area contributed by atoms with Gasteiger partial charge in [-0.25, -0.2) is 19.3 Å². The molecule has 4 aromatic rings. The molecule has 0 unspecified atom stereocenters. The van der Waals surface area contributed by atoms with Gasteiger partial charge in [0.05, 0.1) is 17.0 Å². The quantitative estimate of drug-likeness (QED) is 0.373. The zero-order valence-corrected chi connectivity index (χ0v) is 17.9. The Morgan fingerprint density at radius 3 is 2.83 bits per heavy atom. The number of hydrogen-bond donors (Lipinski definition) is 1. The van der Waals surface area contributed by atoms with E-state index in [1.54, 1.807) is 12.3 Å². The Balaban J connectivity index is 1.59. The standard InChI is InChI=1S/C20H17BrFN5OS/c1-27-8-7-23-20(27)29-18-5-2-13(10-16(18)22)26-19-15-11-14(28-9-6-21)3-4-17(15)24-12-25-19/h2-5,7-8,10-12H,6,9H2,1H3,(H,24,25,26). The van der Waals surface area contributed by atoms with Crippen molar-refractivity contribution in [1.82, 2.24) is 19.5 Å². The number of halogens is 2. The molecule has 0 bridgehead atoms. The fraction of sp³-hybridized carbons (Fsp3) is 0.150. The van der Waals surface area contributed by atoms with Crippen LogP contribution in [0.5, 0.6) is 5.75 Å². The van der Waals surface area contributed by atoms with Gasteiger partial charge in [-0.1, -0.05) is 15.9 Å². The second-order valence-corrected chi connectivity index (χ2v) is 7.93. The first kappa shape index (κ1) is 19.7. The maximum Gasteiger partial charge on any atom is 0.172 e. The second kappa shape index (κ2) is 8.79. The molecule has 0 saturated carbocycles. The molecule has 29 heavy (non-hydrogen) atoms. The Kier molecular flexibility index (Phi) is 5.96. The van der Waals surface area contributed by atoms with E-state index < -0.39 is 0 Å². The van der Waals surface area contributed by atoms with Gasteiger partial charge in [-0.2, -0.15) is 0 Å². The third-order valence-corrected chi connectivity index (χ3v) is 5.58. The van der Waals surface area contributed by atoms with Gasteiger partial charge in [0.15, 0.2) is 5.16 Å². The van der Waals surface area contributed by atoms with E-state index >= 15 is 0 Å². The topological polar surface area (TPSA) is 64.9 Å². The maximum absolute atomic E-state index is 14.6. The van der Waals surface area contributed by atoms with Crippen molar-refractivity contribution >= 4 is 50.1 Å². The highest BCUT2D eigenvalue weighted by Crippen LogP contribution is 2.32. The van der Waals surface area contributed by atoms with Crippen molar-refractivity contribution < 1.29 is 9.13 Å². The van der Waals surface area contributed by atoms with Crippen LogP contribution in [-0.4, -0.2) is 31.5 Å². The largest absolute Gasteiger partial charge is 0.493 e. The van der Waals surface area contributed by atoms with Crippen LogP contribution in [0.3, 0.4) is 0 Å². The summed E-state index contributed by atoms with van der Waals surface area (Å²) in [6.45, 7) is 0.558. The zero-order valence-electron chi connectivity index (χ0n) is 15.5. The molecule has 0 amide bonds. The molecule has 6 nitrogen and oxygen atoms in total. The maximum atomic E-state index is 14.6. The third kappa shape index (κ3) is 4.51. The van der Waals surface area contributed by atoms with E-state index in [0.29, 0.717) is 23.0 Å². The molecular formula is C20H17BrFN5OS. The lowest BCUT2D eigenvalue weighted by Gasteiger charge is -2.11. The van der Waals surface area contributed by atoms with E-state index in [1.165, 1.54) is 24.2 Å². The Bertz CT molecular complexity index is 1150. The highest BCUT2D eigenvalue weighted by Gasteiger charge is 2.11. The number of fused-ring (bicyclic) bond motifs is 1. The molecule has 0 aliphatic rings. The highest BCUT2D eigenvalue weighted by molar-refractivity contribution is 9.09. The summed E-state index contributed by atoms with van der Waals surface area (Å²) in [6, 6.07) is 10.6. The van der Waals surface area contributed by atoms with Crippen LogP contribution in [-0.2, 0) is 7.05 Å². The minimum absolute atomic E-state index is 0.331. The van der Waals surface area contributed by atoms with Gasteiger partial charge in [0.25, 0.3) is 0 Å². The van der Waals surface area contributed by atoms with Crippen LogP contribution in [0.1, 0.15) is 0 Å². The molecule has 0 aliphatic heterocycles. The summed E-state index contributed by atoms with van der Waals surface area (Å²) >= 11 is 4.62. The lowest BCUT2D eigenvalue weighted by atomic mass is 10.2. The van der Waals surface area contributed by atoms with E-state index in [4.69, 9.17) is 4.74 Å². The molecule has 2 aromatic carbocycles. The molecule has 0 saturated heterocycles. The van der Waals surface area contributed by atoms with Crippen molar-refractivity contribution in [3.63, 3.8) is 0 Å². The monoisotopic (exact) mass is 473 g/mol. The highest BCUT2D eigenvalue weighted by atomic mass is 79.9. The summed E-state index contributed by atoms with van der Waals surface area (Å²) in [5, 5.41) is 5.44. The van der Waals surface area contributed by atoms with Crippen LogP contribution >= 0.6 is 27.7 Å². The number of anilines is 2. The lowest BCUT2D eigenvalue weighted by molar-refractivity contribution is 0.345. The van der Waals surface area contributed by atoms with Crippen molar-refractivity contribution in [2.45, 2.75) is 10.1 Å². The summed E-state index contributed by atoms with van der Waals surface area (Å²) in [5.41, 5.74) is 1.37. The van der Waals surface area contributed by atoms with E-state index in [-0.39, 0.29) is 5.82 Å². The zero-order chi connectivity index (χ0) is 20.2. The summed E-state index contributed by atoms with van der Waals surface area (Å²) in [6.07, 6.45) is 4.99. The normalized spacial score (nSPS) is 11.0. The van der Waals surface area contributed by atoms with E-state index in [1.807, 2.05) is 42.1 Å². The van der Waals surface area contributed by atoms with Gasteiger partial charge in [0, 0.05) is 35.8 Å². The Morgan fingerprint density at radius 2 is 2.07 bits per heavy atom. The number of nitrogens with one attached hydrogen (secondary N) is 1. The molecular weight excluding hydrogens is 457 g/mol. The molecule has 0 atom stereocenters. The molecule has 2 aromatic heterocycles. The van der Waals surface area contributed by atoms with Gasteiger partial charge in [-0.05, 0) is 48.2 Å². The van der Waals surface area contributed by atoms with E-state index in [0.717, 1.165) is 27.1 Å². The van der Waals surface area contributed by atoms with Crippen molar-refractivity contribution in [2.24, 2.45) is 7.05 Å². The fourth-order valence-electron chi connectivity index (χ4n) is 2.73. The first-order chi connectivity index (χ1) is 14.1. The first-order valence-corrected chi connectivity index (χ1v) is 10.7. The van der Waals surface area contributed by atoms with Gasteiger partial charge >= 0.3 is 0 Å². The van der Waals surface area contributed by atoms with Crippen LogP contribution in [0, 0.1) is 5.82 Å². The van der Waals surface area contributed by atoms with E-state index in [2.05, 4.69) is 36.2 Å². The number of hydrogen-bond acceptors (Lipinski definition) is 6. The number of aromatic nitrogens is 4. The number of benzene rings is 2. The predicted octanol–water partition coefficient (Wildman–Crippen LogP) is 5.17. The van der Waals surface area contributed by atoms with Crippen molar-refractivity contribution in [1.29, 1.82) is 0 Å². The van der Waals surface area contributed by atoms with Crippen LogP contribution < -0.4 is 10.1 Å². The van der Waals surface area contributed by atoms with Crippen LogP contribution in [0.15, 0.2) is 65.2 Å². The number of imidazole rings is 1. The molecule has 0 aliphatic carbocycles. The summed E-state index contributed by atoms with van der Waals surface area (Å²) < 4.78 is 22.1. The Labute approximate surface area is 179 Å². The average Bonchev–Trinajstić information content (AvgIpc) is 3.13. The number of ether oxygens (including phenoxy) is 1. The Morgan fingerprint density at radius 1 is 1.17 bits per heavy atom. The van der Waals surface area contributed by atoms with Gasteiger partial charge in [0.2, 0.25) is 0 Å². The fourth-order valence-corrected chi connectivity index (χ4v) is 3.70. The number of alkyl halides is 1. The van der Waals surface area contributed by atoms with Crippen LogP contribution in [0.2, 0.25) is 0 Å². The first-order valence-electron chi connectivity index (χ1n) is 8.79. The molecule has 0 radical (unpaired) electrons. The molecule has 2 heterocycles. The lowest BCUT2D eigenvalue weighted by Crippen LogP contribution is -2.00. The van der Waals surface area contributed by atoms with Crippen molar-refractivity contribution in [2.75, 3.05) is 17.3 Å². The minimum atomic E-state index is -0.331. The molecule has 1 N–H and O–H groups in total.